The van der Waals surface area contributed by atoms with E-state index in [1.54, 1.807) is 0 Å². The minimum atomic E-state index is -4.96. The number of carbonyl (C=O) groups excluding carboxylic acids is 2. The molecule has 0 unspecified atom stereocenters. The summed E-state index contributed by atoms with van der Waals surface area (Å²) in [4.78, 5) is 26.4. The number of likely N-dealkylation sites (N-methyl/N-ethyl adjacent to an activating group) is 1. The van der Waals surface area contributed by atoms with Crippen molar-refractivity contribution in [3.63, 3.8) is 0 Å². The zero-order valence-electron chi connectivity index (χ0n) is 15.8. The van der Waals surface area contributed by atoms with Crippen LogP contribution in [-0.4, -0.2) is 30.3 Å². The van der Waals surface area contributed by atoms with E-state index in [0.717, 1.165) is 36.4 Å². The van der Waals surface area contributed by atoms with Crippen LogP contribution in [0.15, 0.2) is 42.5 Å². The number of benzene rings is 2. The lowest BCUT2D eigenvalue weighted by Crippen LogP contribution is -2.33. The summed E-state index contributed by atoms with van der Waals surface area (Å²) < 4.78 is 91.2. The van der Waals surface area contributed by atoms with E-state index in [1.165, 1.54) is 11.9 Å². The fraction of sp³-hybridized carbons (Fsp3) is 0.300. The van der Waals surface area contributed by atoms with Crippen LogP contribution in [0.25, 0.3) is 0 Å². The second kappa shape index (κ2) is 7.86. The van der Waals surface area contributed by atoms with Gasteiger partial charge in [-0.25, -0.2) is 4.39 Å². The number of rotatable bonds is 3. The Morgan fingerprint density at radius 2 is 1.61 bits per heavy atom. The Hall–Kier alpha value is -3.11. The van der Waals surface area contributed by atoms with Gasteiger partial charge in [0.05, 0.1) is 16.8 Å². The number of hydrogen-bond acceptors (Lipinski definition) is 2. The van der Waals surface area contributed by atoms with Gasteiger partial charge in [-0.15, -0.1) is 0 Å². The molecule has 2 atom stereocenters. The predicted octanol–water partition coefficient (Wildman–Crippen LogP) is 4.67. The van der Waals surface area contributed by atoms with Crippen molar-refractivity contribution >= 4 is 17.5 Å². The first-order valence-corrected chi connectivity index (χ1v) is 8.89. The van der Waals surface area contributed by atoms with E-state index in [1.807, 2.05) is 5.32 Å². The van der Waals surface area contributed by atoms with Gasteiger partial charge in [0, 0.05) is 19.5 Å². The van der Waals surface area contributed by atoms with Crippen LogP contribution < -0.4 is 5.32 Å². The van der Waals surface area contributed by atoms with Crippen LogP contribution in [0.4, 0.5) is 36.4 Å². The van der Waals surface area contributed by atoms with Crippen molar-refractivity contribution in [2.45, 2.75) is 18.3 Å². The van der Waals surface area contributed by atoms with Crippen molar-refractivity contribution in [3.05, 3.63) is 65.0 Å². The van der Waals surface area contributed by atoms with Crippen molar-refractivity contribution in [2.24, 2.45) is 5.92 Å². The fourth-order valence-corrected chi connectivity index (χ4v) is 3.48. The van der Waals surface area contributed by atoms with Crippen LogP contribution in [-0.2, 0) is 21.9 Å². The zero-order chi connectivity index (χ0) is 23.1. The minimum absolute atomic E-state index is 0.0160. The lowest BCUT2D eigenvalue weighted by Gasteiger charge is -2.19. The molecule has 2 aromatic carbocycles. The molecule has 0 radical (unpaired) electrons. The number of hydrogen-bond donors (Lipinski definition) is 1. The normalized spacial score (nSPS) is 19.6. The van der Waals surface area contributed by atoms with Gasteiger partial charge >= 0.3 is 12.4 Å². The van der Waals surface area contributed by atoms with E-state index in [4.69, 9.17) is 0 Å². The SMILES string of the molecule is CN1C[C@H](c2ccc(C(F)(F)F)cc2)[C@@H](C(=O)Nc2ccc(F)cc2C(F)(F)F)C1=O. The summed E-state index contributed by atoms with van der Waals surface area (Å²) in [6.45, 7) is -0.0160. The van der Waals surface area contributed by atoms with Gasteiger partial charge in [-0.3, -0.25) is 9.59 Å². The molecule has 11 heteroatoms. The summed E-state index contributed by atoms with van der Waals surface area (Å²) in [5.41, 5.74) is -2.82. The molecule has 1 saturated heterocycles. The lowest BCUT2D eigenvalue weighted by atomic mass is 9.87. The van der Waals surface area contributed by atoms with E-state index >= 15 is 0 Å². The topological polar surface area (TPSA) is 49.4 Å². The molecule has 0 aliphatic carbocycles. The van der Waals surface area contributed by atoms with Crippen LogP contribution in [0.5, 0.6) is 0 Å². The molecule has 0 spiro atoms. The average molecular weight is 448 g/mol. The van der Waals surface area contributed by atoms with E-state index in [9.17, 15) is 40.3 Å². The lowest BCUT2D eigenvalue weighted by molar-refractivity contribution is -0.138. The third-order valence-electron chi connectivity index (χ3n) is 5.01. The molecular formula is C20H15F7N2O2. The Morgan fingerprint density at radius 1 is 1.00 bits per heavy atom. The van der Waals surface area contributed by atoms with E-state index in [2.05, 4.69) is 0 Å². The largest absolute Gasteiger partial charge is 0.418 e. The standard InChI is InChI=1S/C20H15F7N2O2/c1-29-9-13(10-2-4-11(5-3-10)19(22,23)24)16(18(29)31)17(30)28-15-7-6-12(21)8-14(15)20(25,26)27/h2-8,13,16H,9H2,1H3,(H,28,30)/t13-,16+/m1/s1. The van der Waals surface area contributed by atoms with Gasteiger partial charge in [0.15, 0.2) is 0 Å². The van der Waals surface area contributed by atoms with Crippen molar-refractivity contribution in [1.29, 1.82) is 0 Å². The molecule has 2 aromatic rings. The third kappa shape index (κ3) is 4.64. The maximum absolute atomic E-state index is 13.3. The summed E-state index contributed by atoms with van der Waals surface area (Å²) in [6.07, 6.45) is -9.54. The maximum Gasteiger partial charge on any atom is 0.418 e. The predicted molar refractivity (Wildman–Crippen MR) is 95.3 cm³/mol. The molecule has 1 heterocycles. The Bertz CT molecular complexity index is 1000. The first-order valence-electron chi connectivity index (χ1n) is 8.89. The number of amides is 2. The van der Waals surface area contributed by atoms with E-state index < -0.39 is 58.6 Å². The van der Waals surface area contributed by atoms with Crippen molar-refractivity contribution in [1.82, 2.24) is 4.90 Å². The molecule has 4 nitrogen and oxygen atoms in total. The minimum Gasteiger partial charge on any atom is -0.344 e. The van der Waals surface area contributed by atoms with Crippen LogP contribution in [0.2, 0.25) is 0 Å². The number of halogens is 7. The molecule has 0 aromatic heterocycles. The molecule has 166 valence electrons. The summed E-state index contributed by atoms with van der Waals surface area (Å²) >= 11 is 0. The first-order chi connectivity index (χ1) is 14.3. The van der Waals surface area contributed by atoms with Gasteiger partial charge < -0.3 is 10.2 Å². The molecule has 31 heavy (non-hydrogen) atoms. The highest BCUT2D eigenvalue weighted by Crippen LogP contribution is 2.38. The van der Waals surface area contributed by atoms with Crippen molar-refractivity contribution in [3.8, 4) is 0 Å². The highest BCUT2D eigenvalue weighted by molar-refractivity contribution is 6.08. The number of likely N-dealkylation sites (tertiary alicyclic amines) is 1. The number of nitrogens with zero attached hydrogens (tertiary/aromatic N) is 1. The molecule has 1 N–H and O–H groups in total. The Kier molecular flexibility index (Phi) is 5.72. The quantitative estimate of drug-likeness (QED) is 0.548. The second-order valence-corrected chi connectivity index (χ2v) is 7.10. The monoisotopic (exact) mass is 448 g/mol. The molecule has 0 saturated carbocycles. The molecule has 3 rings (SSSR count). The molecule has 2 amide bonds. The summed E-state index contributed by atoms with van der Waals surface area (Å²) in [5, 5.41) is 2.02. The molecule has 1 aliphatic rings. The summed E-state index contributed by atoms with van der Waals surface area (Å²) in [7, 11) is 1.37. The zero-order valence-corrected chi connectivity index (χ0v) is 15.8. The van der Waals surface area contributed by atoms with E-state index in [-0.39, 0.29) is 18.2 Å². The van der Waals surface area contributed by atoms with Crippen LogP contribution >= 0.6 is 0 Å². The molecule has 1 fully saturated rings. The Balaban J connectivity index is 1.91. The van der Waals surface area contributed by atoms with Gasteiger partial charge in [0.25, 0.3) is 0 Å². The van der Waals surface area contributed by atoms with Gasteiger partial charge in [-0.2, -0.15) is 26.3 Å². The Labute approximate surface area is 171 Å². The molecule has 1 aliphatic heterocycles. The molecular weight excluding hydrogens is 433 g/mol. The average Bonchev–Trinajstić information content (AvgIpc) is 2.96. The Morgan fingerprint density at radius 3 is 2.16 bits per heavy atom. The summed E-state index contributed by atoms with van der Waals surface area (Å²) in [5.74, 6) is -5.28. The number of anilines is 1. The molecule has 0 bridgehead atoms. The number of carbonyl (C=O) groups is 2. The summed E-state index contributed by atoms with van der Waals surface area (Å²) in [6, 6.07) is 5.51. The van der Waals surface area contributed by atoms with Crippen LogP contribution in [0.1, 0.15) is 22.6 Å². The number of alkyl halides is 6. The van der Waals surface area contributed by atoms with Crippen molar-refractivity contribution in [2.75, 3.05) is 18.9 Å². The van der Waals surface area contributed by atoms with Gasteiger partial charge in [0.2, 0.25) is 11.8 Å². The van der Waals surface area contributed by atoms with Gasteiger partial charge in [-0.05, 0) is 35.9 Å². The van der Waals surface area contributed by atoms with Crippen LogP contribution in [0.3, 0.4) is 0 Å². The second-order valence-electron chi connectivity index (χ2n) is 7.10. The fourth-order valence-electron chi connectivity index (χ4n) is 3.48. The highest BCUT2D eigenvalue weighted by atomic mass is 19.4. The maximum atomic E-state index is 13.3. The first kappa shape index (κ1) is 22.6. The van der Waals surface area contributed by atoms with Gasteiger partial charge in [0.1, 0.15) is 11.7 Å². The van der Waals surface area contributed by atoms with Crippen molar-refractivity contribution < 1.29 is 40.3 Å². The highest BCUT2D eigenvalue weighted by Gasteiger charge is 2.45. The number of nitrogens with one attached hydrogen (secondary N) is 1. The van der Waals surface area contributed by atoms with Crippen LogP contribution in [0, 0.1) is 11.7 Å². The third-order valence-corrected chi connectivity index (χ3v) is 5.01. The van der Waals surface area contributed by atoms with E-state index in [0.29, 0.717) is 0 Å². The van der Waals surface area contributed by atoms with Gasteiger partial charge in [-0.1, -0.05) is 12.1 Å². The smallest absolute Gasteiger partial charge is 0.344 e.